The molecule has 3 rings (SSSR count). The lowest BCUT2D eigenvalue weighted by Gasteiger charge is -2.32. The van der Waals surface area contributed by atoms with Crippen molar-refractivity contribution < 1.29 is 0 Å². The quantitative estimate of drug-likeness (QED) is 0.921. The molecule has 0 radical (unpaired) electrons. The van der Waals surface area contributed by atoms with Gasteiger partial charge in [-0.15, -0.1) is 0 Å². The minimum Gasteiger partial charge on any atom is -0.361 e. The number of piperazine rings is 1. The summed E-state index contributed by atoms with van der Waals surface area (Å²) in [6, 6.07) is 6.45. The number of hydrogen-bond acceptors (Lipinski definition) is 2. The highest BCUT2D eigenvalue weighted by Gasteiger charge is 2.15. The Labute approximate surface area is 116 Å². The summed E-state index contributed by atoms with van der Waals surface area (Å²) in [7, 11) is 2.19. The van der Waals surface area contributed by atoms with E-state index in [1.54, 1.807) is 0 Å². The first kappa shape index (κ1) is 12.2. The van der Waals surface area contributed by atoms with E-state index in [1.807, 2.05) is 0 Å². The lowest BCUT2D eigenvalue weighted by atomic mass is 10.1. The third-order valence-corrected chi connectivity index (χ3v) is 4.21. The molecule has 2 heterocycles. The molecule has 18 heavy (non-hydrogen) atoms. The van der Waals surface area contributed by atoms with Gasteiger partial charge >= 0.3 is 0 Å². The molecule has 4 heteroatoms. The molecule has 1 aliphatic rings. The first-order valence-electron chi connectivity index (χ1n) is 6.39. The average molecular weight is 308 g/mol. The van der Waals surface area contributed by atoms with Crippen molar-refractivity contribution in [1.29, 1.82) is 0 Å². The molecule has 1 aliphatic heterocycles. The number of benzene rings is 1. The van der Waals surface area contributed by atoms with Crippen LogP contribution in [-0.2, 0) is 6.54 Å². The summed E-state index contributed by atoms with van der Waals surface area (Å²) in [6.45, 7) is 5.73. The summed E-state index contributed by atoms with van der Waals surface area (Å²) in [5.41, 5.74) is 2.62. The Bertz CT molecular complexity index is 541. The fourth-order valence-electron chi connectivity index (χ4n) is 2.54. The Hall–Kier alpha value is -0.840. The van der Waals surface area contributed by atoms with E-state index >= 15 is 0 Å². The molecule has 0 amide bonds. The molecule has 0 atom stereocenters. The summed E-state index contributed by atoms with van der Waals surface area (Å²) in [5.74, 6) is 0. The van der Waals surface area contributed by atoms with E-state index < -0.39 is 0 Å². The zero-order valence-corrected chi connectivity index (χ0v) is 12.2. The second-order valence-electron chi connectivity index (χ2n) is 5.08. The van der Waals surface area contributed by atoms with Crippen LogP contribution >= 0.6 is 15.9 Å². The van der Waals surface area contributed by atoms with Gasteiger partial charge in [-0.25, -0.2) is 0 Å². The molecule has 1 fully saturated rings. The highest BCUT2D eigenvalue weighted by molar-refractivity contribution is 9.10. The highest BCUT2D eigenvalue weighted by Crippen LogP contribution is 2.23. The predicted octanol–water partition coefficient (Wildman–Crippen LogP) is 2.68. The van der Waals surface area contributed by atoms with Crippen LogP contribution in [0.3, 0.4) is 0 Å². The first-order valence-corrected chi connectivity index (χ1v) is 7.18. The number of fused-ring (bicyclic) bond motifs is 1. The fourth-order valence-corrected chi connectivity index (χ4v) is 2.90. The molecule has 0 unspecified atom stereocenters. The van der Waals surface area contributed by atoms with Crippen molar-refractivity contribution in [3.05, 3.63) is 34.4 Å². The standard InChI is InChI=1S/C14H18BrN3/c1-17-4-6-18(7-5-17)10-11-9-16-14-8-12(15)2-3-13(11)14/h2-3,8-9,16H,4-7,10H2,1H3. The van der Waals surface area contributed by atoms with Crippen LogP contribution in [0.25, 0.3) is 10.9 Å². The number of aromatic nitrogens is 1. The Morgan fingerprint density at radius 1 is 1.22 bits per heavy atom. The van der Waals surface area contributed by atoms with Gasteiger partial charge in [0.15, 0.2) is 0 Å². The second kappa shape index (κ2) is 5.03. The average Bonchev–Trinajstić information content (AvgIpc) is 2.74. The number of H-pyrrole nitrogens is 1. The van der Waals surface area contributed by atoms with Crippen molar-refractivity contribution in [3.63, 3.8) is 0 Å². The summed E-state index contributed by atoms with van der Waals surface area (Å²) in [5, 5.41) is 1.34. The van der Waals surface area contributed by atoms with Crippen LogP contribution in [0, 0.1) is 0 Å². The van der Waals surface area contributed by atoms with Crippen molar-refractivity contribution >= 4 is 26.8 Å². The molecule has 0 spiro atoms. The molecular formula is C14H18BrN3. The van der Waals surface area contributed by atoms with E-state index in [9.17, 15) is 0 Å². The van der Waals surface area contributed by atoms with Gasteiger partial charge in [-0.05, 0) is 24.7 Å². The number of rotatable bonds is 2. The topological polar surface area (TPSA) is 22.3 Å². The second-order valence-corrected chi connectivity index (χ2v) is 6.00. The van der Waals surface area contributed by atoms with Gasteiger partial charge in [0.2, 0.25) is 0 Å². The van der Waals surface area contributed by atoms with E-state index in [0.29, 0.717) is 0 Å². The van der Waals surface area contributed by atoms with Crippen molar-refractivity contribution in [2.75, 3.05) is 33.2 Å². The fraction of sp³-hybridized carbons (Fsp3) is 0.429. The maximum Gasteiger partial charge on any atom is 0.0468 e. The Morgan fingerprint density at radius 3 is 2.78 bits per heavy atom. The molecule has 2 aromatic rings. The Balaban J connectivity index is 1.78. The van der Waals surface area contributed by atoms with Crippen LogP contribution < -0.4 is 0 Å². The van der Waals surface area contributed by atoms with Crippen LogP contribution in [0.4, 0.5) is 0 Å². The molecule has 0 aliphatic carbocycles. The predicted molar refractivity (Wildman–Crippen MR) is 78.8 cm³/mol. The zero-order chi connectivity index (χ0) is 12.5. The highest BCUT2D eigenvalue weighted by atomic mass is 79.9. The summed E-state index contributed by atoms with van der Waals surface area (Å²) in [6.07, 6.45) is 2.15. The first-order chi connectivity index (χ1) is 8.72. The molecule has 0 bridgehead atoms. The van der Waals surface area contributed by atoms with Crippen LogP contribution in [-0.4, -0.2) is 48.0 Å². The van der Waals surface area contributed by atoms with Gasteiger partial charge < -0.3 is 9.88 Å². The van der Waals surface area contributed by atoms with Crippen molar-refractivity contribution in [3.8, 4) is 0 Å². The van der Waals surface area contributed by atoms with Crippen LogP contribution in [0.5, 0.6) is 0 Å². The molecule has 1 aromatic heterocycles. The van der Waals surface area contributed by atoms with E-state index in [0.717, 1.165) is 11.0 Å². The third-order valence-electron chi connectivity index (χ3n) is 3.72. The Morgan fingerprint density at radius 2 is 2.00 bits per heavy atom. The van der Waals surface area contributed by atoms with E-state index in [2.05, 4.69) is 62.2 Å². The maximum absolute atomic E-state index is 3.51. The minimum absolute atomic E-state index is 1.05. The van der Waals surface area contributed by atoms with Crippen LogP contribution in [0.1, 0.15) is 5.56 Å². The van der Waals surface area contributed by atoms with Gasteiger partial charge in [-0.3, -0.25) is 4.90 Å². The minimum atomic E-state index is 1.05. The van der Waals surface area contributed by atoms with Crippen molar-refractivity contribution in [2.45, 2.75) is 6.54 Å². The zero-order valence-electron chi connectivity index (χ0n) is 10.6. The van der Waals surface area contributed by atoms with Crippen molar-refractivity contribution in [1.82, 2.24) is 14.8 Å². The van der Waals surface area contributed by atoms with Crippen LogP contribution in [0.2, 0.25) is 0 Å². The van der Waals surface area contributed by atoms with Gasteiger partial charge in [0.05, 0.1) is 0 Å². The summed E-state index contributed by atoms with van der Waals surface area (Å²) < 4.78 is 1.13. The molecule has 1 N–H and O–H groups in total. The SMILES string of the molecule is CN1CCN(Cc2c[nH]c3cc(Br)ccc23)CC1. The molecular weight excluding hydrogens is 290 g/mol. The molecule has 0 saturated carbocycles. The number of nitrogens with one attached hydrogen (secondary N) is 1. The smallest absolute Gasteiger partial charge is 0.0468 e. The monoisotopic (exact) mass is 307 g/mol. The van der Waals surface area contributed by atoms with E-state index in [1.165, 1.54) is 42.6 Å². The van der Waals surface area contributed by atoms with E-state index in [4.69, 9.17) is 0 Å². The molecule has 96 valence electrons. The lowest BCUT2D eigenvalue weighted by Crippen LogP contribution is -2.43. The van der Waals surface area contributed by atoms with Gasteiger partial charge in [0, 0.05) is 54.3 Å². The largest absolute Gasteiger partial charge is 0.361 e. The maximum atomic E-state index is 3.51. The molecule has 1 aromatic carbocycles. The van der Waals surface area contributed by atoms with E-state index in [-0.39, 0.29) is 0 Å². The molecule has 3 nitrogen and oxygen atoms in total. The number of hydrogen-bond donors (Lipinski definition) is 1. The van der Waals surface area contributed by atoms with Gasteiger partial charge in [0.1, 0.15) is 0 Å². The lowest BCUT2D eigenvalue weighted by molar-refractivity contribution is 0.148. The van der Waals surface area contributed by atoms with Gasteiger partial charge in [-0.2, -0.15) is 0 Å². The summed E-state index contributed by atoms with van der Waals surface area (Å²) in [4.78, 5) is 8.28. The number of likely N-dealkylation sites (N-methyl/N-ethyl adjacent to an activating group) is 1. The molecule has 1 saturated heterocycles. The summed E-state index contributed by atoms with van der Waals surface area (Å²) >= 11 is 3.51. The van der Waals surface area contributed by atoms with Gasteiger partial charge in [0.25, 0.3) is 0 Å². The normalized spacial score (nSPS) is 18.6. The number of halogens is 1. The van der Waals surface area contributed by atoms with Crippen LogP contribution in [0.15, 0.2) is 28.9 Å². The number of aromatic amines is 1. The third kappa shape index (κ3) is 2.46. The number of nitrogens with zero attached hydrogens (tertiary/aromatic N) is 2. The van der Waals surface area contributed by atoms with Crippen molar-refractivity contribution in [2.24, 2.45) is 0 Å². The Kier molecular flexibility index (Phi) is 3.41. The van der Waals surface area contributed by atoms with Gasteiger partial charge in [-0.1, -0.05) is 22.0 Å².